The Bertz CT molecular complexity index is 1260. The Kier molecular flexibility index (Phi) is 7.64. The van der Waals surface area contributed by atoms with Crippen LogP contribution in [0.5, 0.6) is 5.75 Å². The smallest absolute Gasteiger partial charge is 0.405 e. The minimum Gasteiger partial charge on any atom is -0.494 e. The molecule has 0 radical (unpaired) electrons. The molecule has 1 aromatic heterocycles. The lowest BCUT2D eigenvalue weighted by atomic mass is 9.91. The Morgan fingerprint density at radius 3 is 2.57 bits per heavy atom. The number of hydrogen-bond acceptors (Lipinski definition) is 6. The Hall–Kier alpha value is -2.68. The summed E-state index contributed by atoms with van der Waals surface area (Å²) in [6.45, 7) is 6.91. The van der Waals surface area contributed by atoms with Gasteiger partial charge in [0.1, 0.15) is 5.75 Å². The van der Waals surface area contributed by atoms with E-state index in [0.717, 1.165) is 40.0 Å². The predicted molar refractivity (Wildman–Crippen MR) is 139 cm³/mol. The molecule has 3 aromatic rings. The molecule has 0 spiro atoms. The van der Waals surface area contributed by atoms with E-state index in [2.05, 4.69) is 12.2 Å². The average molecular weight is 500 g/mol. The molecule has 0 unspecified atom stereocenters. The summed E-state index contributed by atoms with van der Waals surface area (Å²) in [6.07, 6.45) is 3.26. The van der Waals surface area contributed by atoms with Crippen LogP contribution in [-0.4, -0.2) is 42.3 Å². The number of hydrogen-bond donors (Lipinski definition) is 2. The summed E-state index contributed by atoms with van der Waals surface area (Å²) in [6, 6.07) is 11.6. The van der Waals surface area contributed by atoms with Gasteiger partial charge in [-0.3, -0.25) is 4.79 Å². The Morgan fingerprint density at radius 1 is 1.09 bits per heavy atom. The van der Waals surface area contributed by atoms with Gasteiger partial charge in [0.15, 0.2) is 11.2 Å². The van der Waals surface area contributed by atoms with Crippen LogP contribution in [0.15, 0.2) is 41.2 Å². The highest BCUT2D eigenvalue weighted by molar-refractivity contribution is 7.24. The summed E-state index contributed by atoms with van der Waals surface area (Å²) < 4.78 is 19.2. The van der Waals surface area contributed by atoms with E-state index in [1.165, 1.54) is 0 Å². The lowest BCUT2D eigenvalue weighted by Gasteiger charge is -2.43. The molecular formula is C27H33NO6S. The second kappa shape index (κ2) is 10.5. The minimum atomic E-state index is -1.11. The lowest BCUT2D eigenvalue weighted by molar-refractivity contribution is -0.271. The van der Waals surface area contributed by atoms with Crippen LogP contribution in [0.25, 0.3) is 20.2 Å². The molecular weight excluding hydrogens is 466 g/mol. The van der Waals surface area contributed by atoms with Crippen molar-refractivity contribution >= 4 is 37.6 Å². The second-order valence-electron chi connectivity index (χ2n) is 9.66. The molecule has 1 saturated heterocycles. The Morgan fingerprint density at radius 2 is 1.86 bits per heavy atom. The number of unbranched alkanes of at least 4 members (excludes halogenated alkanes) is 2. The molecule has 0 atom stereocenters. The van der Waals surface area contributed by atoms with Gasteiger partial charge in [-0.1, -0.05) is 25.8 Å². The van der Waals surface area contributed by atoms with E-state index >= 15 is 0 Å². The van der Waals surface area contributed by atoms with Gasteiger partial charge in [-0.25, -0.2) is 4.79 Å². The van der Waals surface area contributed by atoms with Gasteiger partial charge >= 0.3 is 6.09 Å². The topological polar surface area (TPSA) is 94.1 Å². The first-order valence-electron chi connectivity index (χ1n) is 12.1. The summed E-state index contributed by atoms with van der Waals surface area (Å²) in [5.74, 6) is 0.0454. The normalized spacial score (nSPS) is 16.9. The number of ether oxygens (including phenoxy) is 3. The molecule has 1 amide bonds. The second-order valence-corrected chi connectivity index (χ2v) is 10.7. The lowest BCUT2D eigenvalue weighted by Crippen LogP contribution is -2.61. The van der Waals surface area contributed by atoms with Gasteiger partial charge in [-0.2, -0.15) is 0 Å². The van der Waals surface area contributed by atoms with Crippen LogP contribution in [-0.2, 0) is 15.9 Å². The van der Waals surface area contributed by atoms with Crippen LogP contribution in [0.2, 0.25) is 0 Å². The summed E-state index contributed by atoms with van der Waals surface area (Å²) >= 11 is 1.58. The molecule has 188 valence electrons. The van der Waals surface area contributed by atoms with Crippen molar-refractivity contribution in [2.45, 2.75) is 64.2 Å². The zero-order valence-electron chi connectivity index (χ0n) is 20.5. The summed E-state index contributed by atoms with van der Waals surface area (Å²) in [4.78, 5) is 24.7. The number of nitrogens with one attached hydrogen (secondary N) is 1. The number of amides is 1. The van der Waals surface area contributed by atoms with Crippen molar-refractivity contribution in [3.8, 4) is 5.75 Å². The average Bonchev–Trinajstić information content (AvgIpc) is 2.82. The fraction of sp³-hybridized carbons (Fsp3) is 0.481. The van der Waals surface area contributed by atoms with E-state index < -0.39 is 17.4 Å². The van der Waals surface area contributed by atoms with Gasteiger partial charge in [0.2, 0.25) is 0 Å². The first-order chi connectivity index (χ1) is 16.7. The quantitative estimate of drug-likeness (QED) is 0.289. The number of rotatable bonds is 9. The van der Waals surface area contributed by atoms with E-state index in [0.29, 0.717) is 30.2 Å². The Balaban J connectivity index is 1.54. The summed E-state index contributed by atoms with van der Waals surface area (Å²) in [7, 11) is 0. The highest BCUT2D eigenvalue weighted by Gasteiger charge is 2.41. The summed E-state index contributed by atoms with van der Waals surface area (Å²) in [5.41, 5.74) is 0.127. The molecule has 8 heteroatoms. The van der Waals surface area contributed by atoms with Crippen molar-refractivity contribution in [1.82, 2.24) is 5.32 Å². The largest absolute Gasteiger partial charge is 0.494 e. The van der Waals surface area contributed by atoms with Crippen LogP contribution >= 0.6 is 11.3 Å². The standard InChI is InChI=1S/C27H33NO6S/c1-4-5-6-13-32-19-8-9-20-23(15-19)35-22-10-7-18(14-21(22)24(20)29)11-12-27(28-25(30)31)16-33-26(2,3)34-17-27/h7-10,14-15,28H,4-6,11-13,16-17H2,1-3H3,(H,30,31). The molecule has 0 saturated carbocycles. The molecule has 1 aliphatic rings. The third kappa shape index (κ3) is 6.12. The van der Waals surface area contributed by atoms with Gasteiger partial charge < -0.3 is 24.6 Å². The third-order valence-corrected chi connectivity index (χ3v) is 7.51. The van der Waals surface area contributed by atoms with E-state index in [9.17, 15) is 14.7 Å². The molecule has 2 heterocycles. The highest BCUT2D eigenvalue weighted by Crippen LogP contribution is 2.30. The molecule has 1 aliphatic heterocycles. The number of fused-ring (bicyclic) bond motifs is 2. The van der Waals surface area contributed by atoms with Crippen molar-refractivity contribution in [3.05, 3.63) is 52.2 Å². The van der Waals surface area contributed by atoms with E-state index in [4.69, 9.17) is 14.2 Å². The molecule has 0 bridgehead atoms. The van der Waals surface area contributed by atoms with Crippen LogP contribution < -0.4 is 15.5 Å². The number of carboxylic acid groups (broad SMARTS) is 1. The van der Waals surface area contributed by atoms with Crippen LogP contribution in [0.1, 0.15) is 52.0 Å². The molecule has 35 heavy (non-hydrogen) atoms. The monoisotopic (exact) mass is 499 g/mol. The van der Waals surface area contributed by atoms with Gasteiger partial charge in [0.25, 0.3) is 0 Å². The van der Waals surface area contributed by atoms with Crippen LogP contribution in [0, 0.1) is 0 Å². The number of carbonyl (C=O) groups is 1. The first kappa shape index (κ1) is 25.4. The van der Waals surface area contributed by atoms with Crippen molar-refractivity contribution in [1.29, 1.82) is 0 Å². The van der Waals surface area contributed by atoms with E-state index in [-0.39, 0.29) is 18.6 Å². The zero-order valence-corrected chi connectivity index (χ0v) is 21.3. The predicted octanol–water partition coefficient (Wildman–Crippen LogP) is 5.71. The SMILES string of the molecule is CCCCCOc1ccc2c(=O)c3cc(CCC4(NC(=O)O)COC(C)(C)OC4)ccc3sc2c1. The maximum Gasteiger partial charge on any atom is 0.405 e. The van der Waals surface area contributed by atoms with Crippen molar-refractivity contribution < 1.29 is 24.1 Å². The maximum absolute atomic E-state index is 13.3. The van der Waals surface area contributed by atoms with Gasteiger partial charge in [0.05, 0.1) is 25.4 Å². The zero-order chi connectivity index (χ0) is 25.1. The van der Waals surface area contributed by atoms with Crippen molar-refractivity contribution in [3.63, 3.8) is 0 Å². The molecule has 1 fully saturated rings. The fourth-order valence-corrected chi connectivity index (χ4v) is 5.35. The molecule has 2 aromatic carbocycles. The summed E-state index contributed by atoms with van der Waals surface area (Å²) in [5, 5.41) is 13.3. The van der Waals surface area contributed by atoms with E-state index in [1.807, 2.05) is 50.2 Å². The van der Waals surface area contributed by atoms with Crippen LogP contribution in [0.3, 0.4) is 0 Å². The van der Waals surface area contributed by atoms with E-state index in [1.54, 1.807) is 11.3 Å². The van der Waals surface area contributed by atoms with Gasteiger partial charge in [0, 0.05) is 20.2 Å². The number of benzene rings is 2. The molecule has 4 rings (SSSR count). The van der Waals surface area contributed by atoms with Crippen molar-refractivity contribution in [2.75, 3.05) is 19.8 Å². The molecule has 2 N–H and O–H groups in total. The minimum absolute atomic E-state index is 0.00223. The highest BCUT2D eigenvalue weighted by atomic mass is 32.1. The number of aryl methyl sites for hydroxylation is 1. The first-order valence-corrected chi connectivity index (χ1v) is 12.9. The van der Waals surface area contributed by atoms with Crippen molar-refractivity contribution in [2.24, 2.45) is 0 Å². The van der Waals surface area contributed by atoms with Gasteiger partial charge in [-0.15, -0.1) is 11.3 Å². The molecule has 7 nitrogen and oxygen atoms in total. The van der Waals surface area contributed by atoms with Gasteiger partial charge in [-0.05, 0) is 69.0 Å². The molecule has 0 aliphatic carbocycles. The third-order valence-electron chi connectivity index (χ3n) is 6.38. The van der Waals surface area contributed by atoms with Crippen LogP contribution in [0.4, 0.5) is 4.79 Å². The Labute approximate surface area is 209 Å². The fourth-order valence-electron chi connectivity index (χ4n) is 4.27. The maximum atomic E-state index is 13.3.